The van der Waals surface area contributed by atoms with Gasteiger partial charge in [-0.2, -0.15) is 18.4 Å². The van der Waals surface area contributed by atoms with Gasteiger partial charge in [0.05, 0.1) is 24.2 Å². The van der Waals surface area contributed by atoms with Crippen LogP contribution in [0, 0.1) is 17.2 Å². The summed E-state index contributed by atoms with van der Waals surface area (Å²) >= 11 is 0. The number of ether oxygens (including phenoxy) is 1. The normalized spacial score (nSPS) is 27.4. The second-order valence-corrected chi connectivity index (χ2v) is 8.95. The fourth-order valence-corrected chi connectivity index (χ4v) is 4.70. The van der Waals surface area contributed by atoms with E-state index in [0.717, 1.165) is 5.82 Å². The van der Waals surface area contributed by atoms with Crippen LogP contribution in [0.3, 0.4) is 0 Å². The fraction of sp³-hybridized carbons (Fsp3) is 0.636. The Balaban J connectivity index is 1.19. The van der Waals surface area contributed by atoms with Crippen LogP contribution < -0.4 is 21.1 Å². The van der Waals surface area contributed by atoms with Gasteiger partial charge in [-0.25, -0.2) is 10.4 Å². The van der Waals surface area contributed by atoms with Crippen molar-refractivity contribution < 1.29 is 27.5 Å². The van der Waals surface area contributed by atoms with Crippen molar-refractivity contribution in [2.24, 2.45) is 5.92 Å². The van der Waals surface area contributed by atoms with Gasteiger partial charge in [-0.15, -0.1) is 0 Å². The molecule has 3 aliphatic rings. The predicted molar refractivity (Wildman–Crippen MR) is 118 cm³/mol. The summed E-state index contributed by atoms with van der Waals surface area (Å²) < 4.78 is 45.7. The molecular formula is C22H28F3N7O3. The molecule has 2 amide bonds. The minimum atomic E-state index is -4.64. The number of halogens is 3. The van der Waals surface area contributed by atoms with Gasteiger partial charge in [0, 0.05) is 51.5 Å². The van der Waals surface area contributed by atoms with Crippen LogP contribution in [0.4, 0.5) is 19.0 Å². The van der Waals surface area contributed by atoms with Crippen LogP contribution in [0.2, 0.25) is 0 Å². The molecule has 1 aromatic heterocycles. The van der Waals surface area contributed by atoms with Crippen LogP contribution in [-0.4, -0.2) is 85.4 Å². The molecule has 35 heavy (non-hydrogen) atoms. The minimum Gasteiger partial charge on any atom is -0.373 e. The molecule has 1 aromatic rings. The average Bonchev–Trinajstić information content (AvgIpc) is 3.29. The van der Waals surface area contributed by atoms with E-state index in [4.69, 9.17) is 10.00 Å². The molecule has 0 aliphatic carbocycles. The summed E-state index contributed by atoms with van der Waals surface area (Å²) in [6, 6.07) is 4.46. The summed E-state index contributed by atoms with van der Waals surface area (Å²) in [5.74, 6) is -2.47. The zero-order chi connectivity index (χ0) is 25.0. The molecule has 4 rings (SSSR count). The molecule has 4 heterocycles. The molecule has 4 atom stereocenters. The number of aromatic nitrogens is 1. The van der Waals surface area contributed by atoms with Gasteiger partial charge in [0.1, 0.15) is 11.9 Å². The first-order valence-electron chi connectivity index (χ1n) is 11.6. The van der Waals surface area contributed by atoms with Crippen molar-refractivity contribution in [3.05, 3.63) is 23.9 Å². The quantitative estimate of drug-likeness (QED) is 0.516. The molecule has 13 heteroatoms. The lowest BCUT2D eigenvalue weighted by Gasteiger charge is -2.36. The Labute approximate surface area is 200 Å². The maximum Gasteiger partial charge on any atom is 0.402 e. The van der Waals surface area contributed by atoms with Crippen LogP contribution in [0.15, 0.2) is 18.3 Å². The SMILES string of the molecule is N#Cc1ccc(N2CCN(C(=O)C[C@H]3CC[C@H](CNC4CNNC(=O)C4C(F)(F)F)O3)CC2)nc1. The number of carbonyl (C=O) groups is 2. The number of pyridine rings is 1. The molecule has 3 N–H and O–H groups in total. The molecule has 0 bridgehead atoms. The Kier molecular flexibility index (Phi) is 7.73. The highest BCUT2D eigenvalue weighted by atomic mass is 19.4. The monoisotopic (exact) mass is 495 g/mol. The largest absolute Gasteiger partial charge is 0.402 e. The number of nitriles is 1. The molecule has 3 aliphatic heterocycles. The Hall–Kier alpha value is -2.95. The lowest BCUT2D eigenvalue weighted by Crippen LogP contribution is -2.64. The number of hydrazine groups is 1. The van der Waals surface area contributed by atoms with E-state index in [1.807, 2.05) is 11.5 Å². The Morgan fingerprint density at radius 3 is 2.63 bits per heavy atom. The highest BCUT2D eigenvalue weighted by Crippen LogP contribution is 2.30. The number of carbonyl (C=O) groups excluding carboxylic acids is 2. The van der Waals surface area contributed by atoms with Crippen LogP contribution in [0.1, 0.15) is 24.8 Å². The van der Waals surface area contributed by atoms with E-state index in [2.05, 4.69) is 20.6 Å². The maximum absolute atomic E-state index is 13.3. The summed E-state index contributed by atoms with van der Waals surface area (Å²) in [4.78, 5) is 32.6. The third-order valence-electron chi connectivity index (χ3n) is 6.61. The van der Waals surface area contributed by atoms with Crippen LogP contribution in [0.5, 0.6) is 0 Å². The number of hydrogen-bond acceptors (Lipinski definition) is 8. The van der Waals surface area contributed by atoms with Crippen molar-refractivity contribution in [1.29, 1.82) is 5.26 Å². The Bertz CT molecular complexity index is 945. The third kappa shape index (κ3) is 6.19. The van der Waals surface area contributed by atoms with E-state index in [0.29, 0.717) is 44.6 Å². The zero-order valence-corrected chi connectivity index (χ0v) is 19.1. The molecule has 3 fully saturated rings. The topological polar surface area (TPSA) is 123 Å². The van der Waals surface area contributed by atoms with E-state index in [1.165, 1.54) is 6.20 Å². The first kappa shape index (κ1) is 25.2. The molecule has 0 spiro atoms. The predicted octanol–water partition coefficient (Wildman–Crippen LogP) is 0.311. The maximum atomic E-state index is 13.3. The number of anilines is 1. The van der Waals surface area contributed by atoms with Gasteiger partial charge in [0.25, 0.3) is 0 Å². The van der Waals surface area contributed by atoms with Crippen molar-refractivity contribution >= 4 is 17.6 Å². The van der Waals surface area contributed by atoms with Gasteiger partial charge >= 0.3 is 6.18 Å². The third-order valence-corrected chi connectivity index (χ3v) is 6.61. The summed E-state index contributed by atoms with van der Waals surface area (Å²) in [6.07, 6.45) is -2.20. The number of nitrogens with one attached hydrogen (secondary N) is 3. The average molecular weight is 496 g/mol. The first-order valence-corrected chi connectivity index (χ1v) is 11.6. The smallest absolute Gasteiger partial charge is 0.373 e. The Morgan fingerprint density at radius 1 is 1.23 bits per heavy atom. The van der Waals surface area contributed by atoms with Gasteiger partial charge in [-0.3, -0.25) is 15.0 Å². The number of piperazine rings is 1. The van der Waals surface area contributed by atoms with E-state index in [1.54, 1.807) is 17.0 Å². The van der Waals surface area contributed by atoms with Gasteiger partial charge in [0.2, 0.25) is 11.8 Å². The zero-order valence-electron chi connectivity index (χ0n) is 19.1. The van der Waals surface area contributed by atoms with Crippen LogP contribution in [-0.2, 0) is 14.3 Å². The number of nitrogens with zero attached hydrogens (tertiary/aromatic N) is 4. The number of rotatable bonds is 6. The van der Waals surface area contributed by atoms with Gasteiger partial charge in [-0.1, -0.05) is 0 Å². The molecular weight excluding hydrogens is 467 g/mol. The molecule has 0 aromatic carbocycles. The van der Waals surface area contributed by atoms with E-state index in [9.17, 15) is 22.8 Å². The molecule has 3 saturated heterocycles. The summed E-state index contributed by atoms with van der Waals surface area (Å²) in [7, 11) is 0. The van der Waals surface area contributed by atoms with Gasteiger partial charge < -0.3 is 19.9 Å². The fourth-order valence-electron chi connectivity index (χ4n) is 4.70. The second-order valence-electron chi connectivity index (χ2n) is 8.95. The molecule has 10 nitrogen and oxygen atoms in total. The van der Waals surface area contributed by atoms with Crippen molar-refractivity contribution in [1.82, 2.24) is 26.1 Å². The highest BCUT2D eigenvalue weighted by Gasteiger charge is 2.51. The minimum absolute atomic E-state index is 0.0127. The summed E-state index contributed by atoms with van der Waals surface area (Å²) in [5.41, 5.74) is 5.01. The first-order chi connectivity index (χ1) is 16.7. The lowest BCUT2D eigenvalue weighted by molar-refractivity contribution is -0.193. The number of hydrogen-bond donors (Lipinski definition) is 3. The van der Waals surface area contributed by atoms with Crippen molar-refractivity contribution in [2.75, 3.05) is 44.2 Å². The van der Waals surface area contributed by atoms with E-state index in [-0.39, 0.29) is 37.6 Å². The molecule has 190 valence electrons. The van der Waals surface area contributed by atoms with E-state index < -0.39 is 24.0 Å². The van der Waals surface area contributed by atoms with Crippen molar-refractivity contribution in [3.8, 4) is 6.07 Å². The summed E-state index contributed by atoms with van der Waals surface area (Å²) in [6.45, 7) is 2.49. The summed E-state index contributed by atoms with van der Waals surface area (Å²) in [5, 5.41) is 11.7. The van der Waals surface area contributed by atoms with Crippen LogP contribution in [0.25, 0.3) is 0 Å². The van der Waals surface area contributed by atoms with Crippen LogP contribution >= 0.6 is 0 Å². The Morgan fingerprint density at radius 2 is 1.97 bits per heavy atom. The van der Waals surface area contributed by atoms with Crippen molar-refractivity contribution in [3.63, 3.8) is 0 Å². The van der Waals surface area contributed by atoms with Gasteiger partial charge in [-0.05, 0) is 25.0 Å². The molecule has 0 saturated carbocycles. The van der Waals surface area contributed by atoms with E-state index >= 15 is 0 Å². The van der Waals surface area contributed by atoms with Gasteiger partial charge in [0.15, 0.2) is 5.92 Å². The number of alkyl halides is 3. The second kappa shape index (κ2) is 10.8. The standard InChI is InChI=1S/C22H28F3N7O3/c23-22(24,25)20-17(13-29-30-21(20)34)27-12-16-3-2-15(35-16)9-19(33)32-7-5-31(6-8-32)18-4-1-14(10-26)11-28-18/h1,4,11,15-17,20,27,29H,2-3,5-9,12-13H2,(H,30,34)/t15-,16-,17?,20?/m1/s1. The van der Waals surface area contributed by atoms with Crippen molar-refractivity contribution in [2.45, 2.75) is 43.7 Å². The highest BCUT2D eigenvalue weighted by molar-refractivity contribution is 5.80. The molecule has 2 unspecified atom stereocenters. The number of amides is 2. The molecule has 0 radical (unpaired) electrons. The lowest BCUT2D eigenvalue weighted by atomic mass is 9.96.